The highest BCUT2D eigenvalue weighted by Crippen LogP contribution is 2.11. The standard InChI is InChI=1S/C21H43N5O3.HI/c1-11-16(4)23-19(22-14-18(27)25(8)9)26(10)13-12-17(15(2)3)24-20(28)29-21(5,6)7;/h15-17H,11-14H2,1-10H3,(H,22,23)(H,24,28);1H. The van der Waals surface area contributed by atoms with Crippen molar-refractivity contribution in [2.45, 2.75) is 79.0 Å². The number of guanidine groups is 1. The van der Waals surface area contributed by atoms with Gasteiger partial charge in [-0.1, -0.05) is 20.8 Å². The molecule has 0 rings (SSSR count). The van der Waals surface area contributed by atoms with Crippen LogP contribution >= 0.6 is 24.0 Å². The molecule has 0 aromatic carbocycles. The number of aliphatic imine (C=N–C) groups is 1. The minimum Gasteiger partial charge on any atom is -0.444 e. The summed E-state index contributed by atoms with van der Waals surface area (Å²) in [7, 11) is 5.39. The van der Waals surface area contributed by atoms with Crippen molar-refractivity contribution in [3.63, 3.8) is 0 Å². The maximum Gasteiger partial charge on any atom is 0.407 e. The number of carbonyl (C=O) groups excluding carboxylic acids is 2. The molecule has 2 unspecified atom stereocenters. The lowest BCUT2D eigenvalue weighted by molar-refractivity contribution is -0.127. The maximum absolute atomic E-state index is 12.2. The Morgan fingerprint density at radius 3 is 2.07 bits per heavy atom. The van der Waals surface area contributed by atoms with Gasteiger partial charge in [0.2, 0.25) is 5.91 Å². The SMILES string of the molecule is CCC(C)NC(=NCC(=O)N(C)C)N(C)CCC(NC(=O)OC(C)(C)C)C(C)C.I. The largest absolute Gasteiger partial charge is 0.444 e. The highest BCUT2D eigenvalue weighted by Gasteiger charge is 2.22. The number of nitrogens with zero attached hydrogens (tertiary/aromatic N) is 3. The molecule has 0 saturated carbocycles. The van der Waals surface area contributed by atoms with Gasteiger partial charge < -0.3 is 25.2 Å². The van der Waals surface area contributed by atoms with Gasteiger partial charge in [-0.15, -0.1) is 24.0 Å². The second-order valence-electron chi connectivity index (χ2n) is 9.09. The number of ether oxygens (including phenoxy) is 1. The Hall–Kier alpha value is -1.26. The van der Waals surface area contributed by atoms with Crippen LogP contribution in [-0.4, -0.2) is 79.7 Å². The van der Waals surface area contributed by atoms with Crippen LogP contribution in [0.25, 0.3) is 0 Å². The molecule has 30 heavy (non-hydrogen) atoms. The minimum atomic E-state index is -0.526. The first kappa shape index (κ1) is 30.9. The Balaban J connectivity index is 0. The zero-order valence-electron chi connectivity index (χ0n) is 20.5. The molecule has 0 heterocycles. The van der Waals surface area contributed by atoms with Crippen molar-refractivity contribution >= 4 is 41.9 Å². The smallest absolute Gasteiger partial charge is 0.407 e. The first-order valence-electron chi connectivity index (χ1n) is 10.5. The van der Waals surface area contributed by atoms with Gasteiger partial charge in [-0.05, 0) is 46.5 Å². The van der Waals surface area contributed by atoms with Gasteiger partial charge in [0.1, 0.15) is 12.1 Å². The molecule has 0 spiro atoms. The van der Waals surface area contributed by atoms with Crippen LogP contribution in [0.1, 0.15) is 61.3 Å². The molecule has 2 atom stereocenters. The Morgan fingerprint density at radius 2 is 1.63 bits per heavy atom. The van der Waals surface area contributed by atoms with Gasteiger partial charge in [-0.2, -0.15) is 0 Å². The van der Waals surface area contributed by atoms with Gasteiger partial charge in [0.15, 0.2) is 5.96 Å². The summed E-state index contributed by atoms with van der Waals surface area (Å²) in [5.74, 6) is 0.900. The molecule has 0 aromatic heterocycles. The summed E-state index contributed by atoms with van der Waals surface area (Å²) in [6.45, 7) is 14.7. The van der Waals surface area contributed by atoms with Gasteiger partial charge >= 0.3 is 6.09 Å². The number of nitrogens with one attached hydrogen (secondary N) is 2. The normalized spacial score (nSPS) is 13.8. The molecule has 0 radical (unpaired) electrons. The second-order valence-corrected chi connectivity index (χ2v) is 9.09. The van der Waals surface area contributed by atoms with E-state index in [1.807, 2.05) is 32.7 Å². The van der Waals surface area contributed by atoms with Gasteiger partial charge in [0.25, 0.3) is 0 Å². The predicted octanol–water partition coefficient (Wildman–Crippen LogP) is 3.31. The van der Waals surface area contributed by atoms with E-state index in [4.69, 9.17) is 4.74 Å². The zero-order chi connectivity index (χ0) is 22.8. The molecule has 0 aliphatic heterocycles. The Labute approximate surface area is 200 Å². The summed E-state index contributed by atoms with van der Waals surface area (Å²) < 4.78 is 5.39. The average molecular weight is 542 g/mol. The van der Waals surface area contributed by atoms with Crippen molar-refractivity contribution in [3.8, 4) is 0 Å². The number of hydrogen-bond acceptors (Lipinski definition) is 4. The number of likely N-dealkylation sites (N-methyl/N-ethyl adjacent to an activating group) is 1. The summed E-state index contributed by atoms with van der Waals surface area (Å²) in [4.78, 5) is 32.1. The second kappa shape index (κ2) is 14.7. The van der Waals surface area contributed by atoms with Crippen molar-refractivity contribution in [1.82, 2.24) is 20.4 Å². The highest BCUT2D eigenvalue weighted by atomic mass is 127. The fraction of sp³-hybridized carbons (Fsp3) is 0.857. The first-order valence-corrected chi connectivity index (χ1v) is 10.5. The van der Waals surface area contributed by atoms with E-state index in [0.29, 0.717) is 12.5 Å². The topological polar surface area (TPSA) is 86.3 Å². The molecule has 178 valence electrons. The molecule has 2 amide bonds. The Kier molecular flexibility index (Phi) is 15.1. The highest BCUT2D eigenvalue weighted by molar-refractivity contribution is 14.0. The van der Waals surface area contributed by atoms with Crippen LogP contribution in [0.3, 0.4) is 0 Å². The Morgan fingerprint density at radius 1 is 1.07 bits per heavy atom. The summed E-state index contributed by atoms with van der Waals surface area (Å²) in [6, 6.07) is 0.215. The van der Waals surface area contributed by atoms with Crippen molar-refractivity contribution in [2.24, 2.45) is 10.9 Å². The monoisotopic (exact) mass is 541 g/mol. The number of carbonyl (C=O) groups is 2. The lowest BCUT2D eigenvalue weighted by atomic mass is 10.0. The van der Waals surface area contributed by atoms with Gasteiger partial charge in [-0.25, -0.2) is 9.79 Å². The number of halogens is 1. The van der Waals surface area contributed by atoms with Crippen LogP contribution in [0.15, 0.2) is 4.99 Å². The van der Waals surface area contributed by atoms with Crippen LogP contribution in [-0.2, 0) is 9.53 Å². The summed E-state index contributed by atoms with van der Waals surface area (Å²) in [6.07, 6.45) is 1.28. The first-order chi connectivity index (χ1) is 13.3. The molecular weight excluding hydrogens is 497 g/mol. The predicted molar refractivity (Wildman–Crippen MR) is 135 cm³/mol. The quantitative estimate of drug-likeness (QED) is 0.266. The average Bonchev–Trinajstić information content (AvgIpc) is 2.59. The van der Waals surface area contributed by atoms with Gasteiger partial charge in [-0.3, -0.25) is 4.79 Å². The van der Waals surface area contributed by atoms with Gasteiger partial charge in [0, 0.05) is 39.8 Å². The molecule has 0 fully saturated rings. The van der Waals surface area contributed by atoms with Crippen molar-refractivity contribution in [2.75, 3.05) is 34.2 Å². The van der Waals surface area contributed by atoms with E-state index in [2.05, 4.69) is 43.3 Å². The van der Waals surface area contributed by atoms with Crippen molar-refractivity contribution < 1.29 is 14.3 Å². The third-order valence-corrected chi connectivity index (χ3v) is 4.49. The number of hydrogen-bond donors (Lipinski definition) is 2. The van der Waals surface area contributed by atoms with Crippen LogP contribution in [0.5, 0.6) is 0 Å². The molecule has 0 aliphatic rings. The van der Waals surface area contributed by atoms with Crippen LogP contribution < -0.4 is 10.6 Å². The fourth-order valence-electron chi connectivity index (χ4n) is 2.35. The molecule has 0 bridgehead atoms. The zero-order valence-corrected chi connectivity index (χ0v) is 22.9. The summed E-state index contributed by atoms with van der Waals surface area (Å²) in [5, 5.41) is 6.35. The van der Waals surface area contributed by atoms with E-state index in [9.17, 15) is 9.59 Å². The number of amides is 2. The van der Waals surface area contributed by atoms with Crippen LogP contribution in [0.2, 0.25) is 0 Å². The van der Waals surface area contributed by atoms with E-state index < -0.39 is 11.7 Å². The van der Waals surface area contributed by atoms with E-state index >= 15 is 0 Å². The van der Waals surface area contributed by atoms with Crippen LogP contribution in [0, 0.1) is 5.92 Å². The molecule has 8 nitrogen and oxygen atoms in total. The fourth-order valence-corrected chi connectivity index (χ4v) is 2.35. The molecule has 2 N–H and O–H groups in total. The van der Waals surface area contributed by atoms with Crippen molar-refractivity contribution in [3.05, 3.63) is 0 Å². The van der Waals surface area contributed by atoms with Gasteiger partial charge in [0.05, 0.1) is 0 Å². The number of alkyl carbamates (subject to hydrolysis) is 1. The van der Waals surface area contributed by atoms with E-state index in [1.165, 1.54) is 4.90 Å². The lowest BCUT2D eigenvalue weighted by Gasteiger charge is -2.29. The molecule has 0 aliphatic carbocycles. The third-order valence-electron chi connectivity index (χ3n) is 4.49. The maximum atomic E-state index is 12.2. The molecule has 0 saturated heterocycles. The summed E-state index contributed by atoms with van der Waals surface area (Å²) in [5.41, 5.74) is -0.526. The molecular formula is C21H44IN5O3. The summed E-state index contributed by atoms with van der Waals surface area (Å²) >= 11 is 0. The third kappa shape index (κ3) is 13.9. The Bertz CT molecular complexity index is 547. The molecule has 0 aromatic rings. The van der Waals surface area contributed by atoms with Crippen LogP contribution in [0.4, 0.5) is 4.79 Å². The van der Waals surface area contributed by atoms with E-state index in [1.54, 1.807) is 14.1 Å². The van der Waals surface area contributed by atoms with E-state index in [-0.39, 0.29) is 54.4 Å². The lowest BCUT2D eigenvalue weighted by Crippen LogP contribution is -2.47. The van der Waals surface area contributed by atoms with Crippen molar-refractivity contribution in [1.29, 1.82) is 0 Å². The minimum absolute atomic E-state index is 0. The number of rotatable bonds is 9. The molecule has 9 heteroatoms. The van der Waals surface area contributed by atoms with E-state index in [0.717, 1.165) is 12.8 Å².